The summed E-state index contributed by atoms with van der Waals surface area (Å²) in [6, 6.07) is 4.24. The van der Waals surface area contributed by atoms with Gasteiger partial charge >= 0.3 is 0 Å². The van der Waals surface area contributed by atoms with Crippen molar-refractivity contribution in [3.05, 3.63) is 64.7 Å². The lowest BCUT2D eigenvalue weighted by atomic mass is 10.2. The molecule has 0 radical (unpaired) electrons. The first-order valence-electron chi connectivity index (χ1n) is 8.51. The molecule has 3 aromatic rings. The summed E-state index contributed by atoms with van der Waals surface area (Å²) in [5.41, 5.74) is 1.29. The van der Waals surface area contributed by atoms with Crippen molar-refractivity contribution < 1.29 is 8.78 Å². The fourth-order valence-electron chi connectivity index (χ4n) is 2.98. The zero-order valence-electron chi connectivity index (χ0n) is 14.3. The zero-order chi connectivity index (χ0) is 18.8. The number of anilines is 1. The Labute approximate surface area is 153 Å². The van der Waals surface area contributed by atoms with Crippen LogP contribution in [0, 0.1) is 5.82 Å². The summed E-state index contributed by atoms with van der Waals surface area (Å²) in [6.45, 7) is 0.680. The number of alkyl halides is 1. The predicted octanol–water partition coefficient (Wildman–Crippen LogP) is 2.18. The standard InChI is InChI=1S/C18H16F2N6O/c19-14-6-12(7-21-10-14)11-26-17(27)4-3-15(24-26)13-8-22-18(23-9-13)25-5-1-2-16(25)20/h3-4,6-10,16H,1-2,5,11H2. The third-order valence-electron chi connectivity index (χ3n) is 4.33. The maximum atomic E-state index is 13.8. The number of hydrogen-bond donors (Lipinski definition) is 0. The van der Waals surface area contributed by atoms with Crippen LogP contribution in [0.2, 0.25) is 0 Å². The summed E-state index contributed by atoms with van der Waals surface area (Å²) in [4.78, 5) is 25.8. The van der Waals surface area contributed by atoms with Crippen molar-refractivity contribution in [3.8, 4) is 11.3 Å². The number of rotatable bonds is 4. The van der Waals surface area contributed by atoms with Crippen molar-refractivity contribution in [2.75, 3.05) is 11.4 Å². The molecule has 1 fully saturated rings. The summed E-state index contributed by atoms with van der Waals surface area (Å²) in [6.07, 6.45) is 5.86. The number of pyridine rings is 1. The molecule has 3 aromatic heterocycles. The molecule has 0 aromatic carbocycles. The maximum Gasteiger partial charge on any atom is 0.267 e. The smallest absolute Gasteiger partial charge is 0.267 e. The second kappa shape index (κ2) is 7.18. The molecule has 9 heteroatoms. The SMILES string of the molecule is O=c1ccc(-c2cnc(N3CCCC3F)nc2)nn1Cc1cncc(F)c1. The Morgan fingerprint density at radius 1 is 1.15 bits per heavy atom. The first-order chi connectivity index (χ1) is 13.1. The van der Waals surface area contributed by atoms with Gasteiger partial charge < -0.3 is 4.90 Å². The molecule has 4 heterocycles. The minimum atomic E-state index is -1.06. The van der Waals surface area contributed by atoms with Gasteiger partial charge in [-0.1, -0.05) is 0 Å². The molecule has 1 aliphatic heterocycles. The number of nitrogens with zero attached hydrogens (tertiary/aromatic N) is 6. The molecule has 0 bridgehead atoms. The van der Waals surface area contributed by atoms with Gasteiger partial charge in [0.2, 0.25) is 5.95 Å². The maximum absolute atomic E-state index is 13.8. The topological polar surface area (TPSA) is 76.8 Å². The zero-order valence-corrected chi connectivity index (χ0v) is 14.3. The van der Waals surface area contributed by atoms with Crippen LogP contribution >= 0.6 is 0 Å². The lowest BCUT2D eigenvalue weighted by molar-refractivity contribution is 0.342. The van der Waals surface area contributed by atoms with Crippen LogP contribution in [0.1, 0.15) is 18.4 Å². The Morgan fingerprint density at radius 2 is 1.96 bits per heavy atom. The van der Waals surface area contributed by atoms with Crippen LogP contribution in [0.4, 0.5) is 14.7 Å². The van der Waals surface area contributed by atoms with Gasteiger partial charge in [-0.3, -0.25) is 9.78 Å². The van der Waals surface area contributed by atoms with Crippen LogP contribution in [-0.4, -0.2) is 37.6 Å². The average molecular weight is 370 g/mol. The van der Waals surface area contributed by atoms with E-state index < -0.39 is 12.1 Å². The van der Waals surface area contributed by atoms with Gasteiger partial charge in [-0.2, -0.15) is 5.10 Å². The Balaban J connectivity index is 1.59. The fraction of sp³-hybridized carbons (Fsp3) is 0.278. The summed E-state index contributed by atoms with van der Waals surface area (Å²) in [5, 5.41) is 4.30. The van der Waals surface area contributed by atoms with E-state index in [9.17, 15) is 13.6 Å². The van der Waals surface area contributed by atoms with Crippen LogP contribution < -0.4 is 10.5 Å². The van der Waals surface area contributed by atoms with E-state index in [2.05, 4.69) is 20.1 Å². The molecule has 0 amide bonds. The highest BCUT2D eigenvalue weighted by Gasteiger charge is 2.25. The van der Waals surface area contributed by atoms with Crippen molar-refractivity contribution in [1.82, 2.24) is 24.7 Å². The summed E-state index contributed by atoms with van der Waals surface area (Å²) in [7, 11) is 0. The molecule has 4 rings (SSSR count). The first kappa shape index (κ1) is 17.2. The molecule has 1 atom stereocenters. The normalized spacial score (nSPS) is 16.7. The van der Waals surface area contributed by atoms with Crippen molar-refractivity contribution in [2.45, 2.75) is 25.7 Å². The van der Waals surface area contributed by atoms with Gasteiger partial charge in [-0.25, -0.2) is 23.4 Å². The van der Waals surface area contributed by atoms with Gasteiger partial charge in [-0.15, -0.1) is 0 Å². The molecule has 1 unspecified atom stereocenters. The van der Waals surface area contributed by atoms with Crippen molar-refractivity contribution in [3.63, 3.8) is 0 Å². The molecule has 138 valence electrons. The van der Waals surface area contributed by atoms with E-state index in [4.69, 9.17) is 0 Å². The predicted molar refractivity (Wildman–Crippen MR) is 94.3 cm³/mol. The van der Waals surface area contributed by atoms with Crippen molar-refractivity contribution in [2.24, 2.45) is 0 Å². The van der Waals surface area contributed by atoms with Crippen LogP contribution in [0.15, 0.2) is 47.8 Å². The summed E-state index contributed by atoms with van der Waals surface area (Å²) < 4.78 is 28.3. The first-order valence-corrected chi connectivity index (χ1v) is 8.51. The van der Waals surface area contributed by atoms with E-state index in [0.717, 1.165) is 12.6 Å². The molecule has 0 saturated carbocycles. The minimum Gasteiger partial charge on any atom is -0.311 e. The van der Waals surface area contributed by atoms with Crippen molar-refractivity contribution in [1.29, 1.82) is 0 Å². The summed E-state index contributed by atoms with van der Waals surface area (Å²) in [5.74, 6) is -0.142. The highest BCUT2D eigenvalue weighted by atomic mass is 19.1. The second-order valence-corrected chi connectivity index (χ2v) is 6.27. The van der Waals surface area contributed by atoms with Gasteiger partial charge in [0.05, 0.1) is 18.4 Å². The van der Waals surface area contributed by atoms with Gasteiger partial charge in [0.15, 0.2) is 6.30 Å². The Morgan fingerprint density at radius 3 is 2.67 bits per heavy atom. The molecular formula is C18H16F2N6O. The molecule has 1 aliphatic rings. The van der Waals surface area contributed by atoms with Crippen LogP contribution in [-0.2, 0) is 6.54 Å². The summed E-state index contributed by atoms with van der Waals surface area (Å²) >= 11 is 0. The molecular weight excluding hydrogens is 354 g/mol. The van der Waals surface area contributed by atoms with E-state index in [1.54, 1.807) is 18.5 Å². The van der Waals surface area contributed by atoms with E-state index in [1.165, 1.54) is 27.9 Å². The van der Waals surface area contributed by atoms with Crippen LogP contribution in [0.25, 0.3) is 11.3 Å². The van der Waals surface area contributed by atoms with E-state index in [-0.39, 0.29) is 12.1 Å². The average Bonchev–Trinajstić information content (AvgIpc) is 3.10. The number of halogens is 2. The third-order valence-corrected chi connectivity index (χ3v) is 4.33. The van der Waals surface area contributed by atoms with Gasteiger partial charge in [0.1, 0.15) is 5.82 Å². The van der Waals surface area contributed by atoms with Gasteiger partial charge in [0, 0.05) is 36.8 Å². The Hall–Kier alpha value is -3.23. The van der Waals surface area contributed by atoms with Crippen LogP contribution in [0.5, 0.6) is 0 Å². The number of aromatic nitrogens is 5. The van der Waals surface area contributed by atoms with Gasteiger partial charge in [-0.05, 0) is 30.5 Å². The van der Waals surface area contributed by atoms with Crippen molar-refractivity contribution >= 4 is 5.95 Å². The fourth-order valence-corrected chi connectivity index (χ4v) is 2.98. The molecule has 27 heavy (non-hydrogen) atoms. The van der Waals surface area contributed by atoms with E-state index >= 15 is 0 Å². The largest absolute Gasteiger partial charge is 0.311 e. The second-order valence-electron chi connectivity index (χ2n) is 6.27. The van der Waals surface area contributed by atoms with Gasteiger partial charge in [0.25, 0.3) is 5.56 Å². The molecule has 0 spiro atoms. The monoisotopic (exact) mass is 370 g/mol. The highest BCUT2D eigenvalue weighted by molar-refractivity contribution is 5.56. The third kappa shape index (κ3) is 3.67. The van der Waals surface area contributed by atoms with E-state index in [0.29, 0.717) is 35.7 Å². The molecule has 0 aliphatic carbocycles. The molecule has 7 nitrogen and oxygen atoms in total. The minimum absolute atomic E-state index is 0.0910. The highest BCUT2D eigenvalue weighted by Crippen LogP contribution is 2.24. The number of hydrogen-bond acceptors (Lipinski definition) is 6. The Kier molecular flexibility index (Phi) is 4.57. The lowest BCUT2D eigenvalue weighted by Crippen LogP contribution is -2.27. The lowest BCUT2D eigenvalue weighted by Gasteiger charge is -2.18. The quantitative estimate of drug-likeness (QED) is 0.655. The Bertz CT molecular complexity index is 1010. The van der Waals surface area contributed by atoms with Crippen LogP contribution in [0.3, 0.4) is 0 Å². The molecule has 1 saturated heterocycles. The molecule has 0 N–H and O–H groups in total. The van der Waals surface area contributed by atoms with E-state index in [1.807, 2.05) is 0 Å².